The van der Waals surface area contributed by atoms with E-state index in [4.69, 9.17) is 5.73 Å². The van der Waals surface area contributed by atoms with Gasteiger partial charge < -0.3 is 11.1 Å². The van der Waals surface area contributed by atoms with Crippen LogP contribution in [0.15, 0.2) is 59.2 Å². The van der Waals surface area contributed by atoms with Crippen LogP contribution in [0.5, 0.6) is 0 Å². The fourth-order valence-electron chi connectivity index (χ4n) is 3.22. The number of hydrogen-bond donors (Lipinski definition) is 2. The van der Waals surface area contributed by atoms with Crippen LogP contribution in [-0.4, -0.2) is 23.7 Å². The van der Waals surface area contributed by atoms with Crippen molar-refractivity contribution < 1.29 is 22.4 Å². The number of nitrogens with two attached hydrogens (primary N) is 1. The normalized spacial score (nSPS) is 12.8. The Hall–Kier alpha value is -3.75. The number of hydrogen-bond acceptors (Lipinski definition) is 4. The van der Waals surface area contributed by atoms with Gasteiger partial charge in [-0.2, -0.15) is 13.2 Å². The van der Waals surface area contributed by atoms with Gasteiger partial charge >= 0.3 is 6.18 Å². The number of aryl methyl sites for hydroxylation is 1. The number of benzene rings is 2. The second-order valence-electron chi connectivity index (χ2n) is 7.12. The van der Waals surface area contributed by atoms with Crippen molar-refractivity contribution in [2.75, 3.05) is 12.4 Å². The second-order valence-corrected chi connectivity index (χ2v) is 7.12. The summed E-state index contributed by atoms with van der Waals surface area (Å²) in [5.41, 5.74) is 6.93. The highest BCUT2D eigenvalue weighted by atomic mass is 19.4. The minimum absolute atomic E-state index is 0.0437. The molecule has 0 saturated carbocycles. The lowest BCUT2D eigenvalue weighted by atomic mass is 10.0. The standard InChI is InChI=1S/C23H20F4N4O/c1-12-8-20(31-22(32)21(29-3)13(2)11-28)17(24)10-16(12)19-6-4-14-9-15(23(25,26)27)5-7-18(14)30-19/h4-11H,28H2,1-3H3,(H,31,32). The largest absolute Gasteiger partial charge is 0.416 e. The summed E-state index contributed by atoms with van der Waals surface area (Å²) in [6.07, 6.45) is -3.22. The Morgan fingerprint density at radius 2 is 1.88 bits per heavy atom. The van der Waals surface area contributed by atoms with Gasteiger partial charge in [0.25, 0.3) is 5.91 Å². The van der Waals surface area contributed by atoms with Crippen LogP contribution in [0.25, 0.3) is 22.2 Å². The molecule has 166 valence electrons. The minimum atomic E-state index is -4.45. The topological polar surface area (TPSA) is 80.4 Å². The summed E-state index contributed by atoms with van der Waals surface area (Å²) in [6.45, 7) is 3.32. The maximum absolute atomic E-state index is 14.8. The summed E-state index contributed by atoms with van der Waals surface area (Å²) in [7, 11) is 1.43. The molecule has 0 spiro atoms. The minimum Gasteiger partial charge on any atom is -0.404 e. The van der Waals surface area contributed by atoms with Gasteiger partial charge in [-0.05, 0) is 67.6 Å². The average molecular weight is 444 g/mol. The zero-order valence-corrected chi connectivity index (χ0v) is 17.5. The van der Waals surface area contributed by atoms with Gasteiger partial charge in [-0.25, -0.2) is 9.37 Å². The molecular weight excluding hydrogens is 424 g/mol. The summed E-state index contributed by atoms with van der Waals surface area (Å²) in [4.78, 5) is 20.7. The molecule has 9 heteroatoms. The first-order chi connectivity index (χ1) is 15.0. The number of fused-ring (bicyclic) bond motifs is 1. The van der Waals surface area contributed by atoms with Crippen LogP contribution in [0.1, 0.15) is 18.1 Å². The Labute approximate surface area is 181 Å². The average Bonchev–Trinajstić information content (AvgIpc) is 2.75. The molecule has 0 unspecified atom stereocenters. The lowest BCUT2D eigenvalue weighted by Crippen LogP contribution is -2.25. The van der Waals surface area contributed by atoms with Crippen LogP contribution in [0.3, 0.4) is 0 Å². The van der Waals surface area contributed by atoms with Crippen molar-refractivity contribution in [2.45, 2.75) is 20.0 Å². The third-order valence-corrected chi connectivity index (χ3v) is 4.92. The lowest BCUT2D eigenvalue weighted by Gasteiger charge is -2.13. The zero-order valence-electron chi connectivity index (χ0n) is 17.5. The van der Waals surface area contributed by atoms with Crippen molar-refractivity contribution in [1.82, 2.24) is 4.98 Å². The van der Waals surface area contributed by atoms with Crippen molar-refractivity contribution in [1.29, 1.82) is 0 Å². The number of carbonyl (C=O) groups excluding carboxylic acids is 1. The first-order valence-corrected chi connectivity index (χ1v) is 9.50. The van der Waals surface area contributed by atoms with E-state index in [0.717, 1.165) is 12.1 Å². The molecule has 0 aliphatic rings. The maximum atomic E-state index is 14.8. The molecule has 0 fully saturated rings. The fraction of sp³-hybridized carbons (Fsp3) is 0.174. The lowest BCUT2D eigenvalue weighted by molar-refractivity contribution is -0.137. The molecule has 3 aromatic rings. The molecule has 3 N–H and O–H groups in total. The van der Waals surface area contributed by atoms with E-state index in [1.54, 1.807) is 13.8 Å². The monoisotopic (exact) mass is 444 g/mol. The van der Waals surface area contributed by atoms with E-state index < -0.39 is 23.5 Å². The molecule has 0 aliphatic heterocycles. The summed E-state index contributed by atoms with van der Waals surface area (Å²) in [6, 6.07) is 8.96. The van der Waals surface area contributed by atoms with Gasteiger partial charge in [0.05, 0.1) is 22.5 Å². The van der Waals surface area contributed by atoms with Gasteiger partial charge in [0, 0.05) is 18.0 Å². The van der Waals surface area contributed by atoms with Crippen molar-refractivity contribution in [3.63, 3.8) is 0 Å². The summed E-state index contributed by atoms with van der Waals surface area (Å²) in [5.74, 6) is -1.31. The molecule has 0 atom stereocenters. The number of rotatable bonds is 4. The molecule has 1 amide bonds. The van der Waals surface area contributed by atoms with Gasteiger partial charge in [-0.1, -0.05) is 6.07 Å². The number of amides is 1. The number of anilines is 1. The van der Waals surface area contributed by atoms with Crippen molar-refractivity contribution in [3.05, 3.63) is 71.2 Å². The van der Waals surface area contributed by atoms with E-state index in [9.17, 15) is 22.4 Å². The molecule has 0 saturated heterocycles. The first-order valence-electron chi connectivity index (χ1n) is 9.50. The van der Waals surface area contributed by atoms with Crippen LogP contribution in [0.4, 0.5) is 23.2 Å². The zero-order chi connectivity index (χ0) is 23.6. The van der Waals surface area contributed by atoms with Crippen LogP contribution in [-0.2, 0) is 11.0 Å². The van der Waals surface area contributed by atoms with E-state index in [-0.39, 0.29) is 11.4 Å². The van der Waals surface area contributed by atoms with E-state index >= 15 is 0 Å². The van der Waals surface area contributed by atoms with Crippen LogP contribution in [0, 0.1) is 12.7 Å². The summed E-state index contributed by atoms with van der Waals surface area (Å²) >= 11 is 0. The van der Waals surface area contributed by atoms with Crippen molar-refractivity contribution >= 4 is 28.2 Å². The van der Waals surface area contributed by atoms with Gasteiger partial charge in [0.15, 0.2) is 0 Å². The van der Waals surface area contributed by atoms with Crippen molar-refractivity contribution in [3.8, 4) is 11.3 Å². The van der Waals surface area contributed by atoms with Crippen LogP contribution < -0.4 is 11.1 Å². The molecule has 2 aromatic carbocycles. The number of nitrogens with one attached hydrogen (secondary N) is 1. The molecular formula is C23H20F4N4O. The number of carbonyl (C=O) groups is 1. The van der Waals surface area contributed by atoms with Crippen molar-refractivity contribution in [2.24, 2.45) is 10.7 Å². The molecule has 0 bridgehead atoms. The Morgan fingerprint density at radius 1 is 1.16 bits per heavy atom. The number of halogens is 4. The third kappa shape index (κ3) is 4.61. The quantitative estimate of drug-likeness (QED) is 0.427. The SMILES string of the molecule is CN=C(C(=O)Nc1cc(C)c(-c2ccc3cc(C(F)(F)F)ccc3n2)cc1F)C(C)=CN. The van der Waals surface area contributed by atoms with E-state index in [0.29, 0.717) is 33.3 Å². The predicted octanol–water partition coefficient (Wildman–Crippen LogP) is 5.24. The van der Waals surface area contributed by atoms with Gasteiger partial charge in [-0.3, -0.25) is 9.79 Å². The molecule has 0 aliphatic carbocycles. The van der Waals surface area contributed by atoms with Gasteiger partial charge in [0.2, 0.25) is 0 Å². The van der Waals surface area contributed by atoms with Crippen LogP contribution in [0.2, 0.25) is 0 Å². The number of aromatic nitrogens is 1. The molecule has 1 aromatic heterocycles. The Balaban J connectivity index is 1.95. The number of pyridine rings is 1. The number of alkyl halides is 3. The fourth-order valence-corrected chi connectivity index (χ4v) is 3.22. The molecule has 32 heavy (non-hydrogen) atoms. The Bertz CT molecular complexity index is 1260. The number of aliphatic imine (C=N–C) groups is 1. The van der Waals surface area contributed by atoms with Crippen LogP contribution >= 0.6 is 0 Å². The van der Waals surface area contributed by atoms with Gasteiger partial charge in [-0.15, -0.1) is 0 Å². The smallest absolute Gasteiger partial charge is 0.404 e. The highest BCUT2D eigenvalue weighted by Gasteiger charge is 2.30. The summed E-state index contributed by atoms with van der Waals surface area (Å²) < 4.78 is 53.5. The molecule has 5 nitrogen and oxygen atoms in total. The maximum Gasteiger partial charge on any atom is 0.416 e. The van der Waals surface area contributed by atoms with E-state index in [2.05, 4.69) is 15.3 Å². The highest BCUT2D eigenvalue weighted by Crippen LogP contribution is 2.33. The Morgan fingerprint density at radius 3 is 2.50 bits per heavy atom. The third-order valence-electron chi connectivity index (χ3n) is 4.92. The van der Waals surface area contributed by atoms with Gasteiger partial charge in [0.1, 0.15) is 11.5 Å². The Kier molecular flexibility index (Phi) is 6.29. The van der Waals surface area contributed by atoms with E-state index in [1.807, 2.05) is 0 Å². The molecule has 3 rings (SSSR count). The van der Waals surface area contributed by atoms with E-state index in [1.165, 1.54) is 43.6 Å². The number of nitrogens with zero attached hydrogens (tertiary/aromatic N) is 2. The highest BCUT2D eigenvalue weighted by molar-refractivity contribution is 6.48. The second kappa shape index (κ2) is 8.78. The predicted molar refractivity (Wildman–Crippen MR) is 117 cm³/mol. The summed E-state index contributed by atoms with van der Waals surface area (Å²) in [5, 5.41) is 2.80. The first kappa shape index (κ1) is 22.9. The molecule has 1 heterocycles. The molecule has 0 radical (unpaired) electrons.